The second-order valence-corrected chi connectivity index (χ2v) is 7.01. The van der Waals surface area contributed by atoms with Crippen LogP contribution in [0.1, 0.15) is 5.56 Å². The van der Waals surface area contributed by atoms with Crippen LogP contribution in [0.15, 0.2) is 35.8 Å². The first-order valence-corrected chi connectivity index (χ1v) is 9.28. The van der Waals surface area contributed by atoms with Crippen molar-refractivity contribution in [2.75, 3.05) is 51.8 Å². The fourth-order valence-corrected chi connectivity index (χ4v) is 3.66. The number of rotatable bonds is 6. The van der Waals surface area contributed by atoms with E-state index in [4.69, 9.17) is 4.74 Å². The molecule has 134 valence electrons. The number of likely N-dealkylation sites (N-methyl/N-ethyl adjacent to an activating group) is 1. The van der Waals surface area contributed by atoms with Gasteiger partial charge in [0, 0.05) is 56.9 Å². The Kier molecular flexibility index (Phi) is 5.88. The third kappa shape index (κ3) is 4.49. The van der Waals surface area contributed by atoms with Crippen LogP contribution in [0.5, 0.6) is 5.75 Å². The number of amides is 1. The van der Waals surface area contributed by atoms with Crippen molar-refractivity contribution in [3.63, 3.8) is 0 Å². The zero-order chi connectivity index (χ0) is 17.6. The predicted molar refractivity (Wildman–Crippen MR) is 100 cm³/mol. The van der Waals surface area contributed by atoms with Crippen LogP contribution < -0.4 is 9.64 Å². The maximum atomic E-state index is 12.5. The summed E-state index contributed by atoms with van der Waals surface area (Å²) in [4.78, 5) is 23.2. The molecule has 0 atom stereocenters. The van der Waals surface area contributed by atoms with Gasteiger partial charge < -0.3 is 14.5 Å². The van der Waals surface area contributed by atoms with E-state index in [1.54, 1.807) is 23.3 Å². The Labute approximate surface area is 152 Å². The number of methoxy groups -OCH3 is 1. The number of hydrogen-bond donors (Lipinski definition) is 0. The average molecular weight is 360 g/mol. The van der Waals surface area contributed by atoms with Crippen molar-refractivity contribution >= 4 is 22.4 Å². The van der Waals surface area contributed by atoms with E-state index in [1.165, 1.54) is 0 Å². The van der Waals surface area contributed by atoms with Gasteiger partial charge in [0.05, 0.1) is 13.7 Å². The second kappa shape index (κ2) is 8.31. The number of hydrogen-bond acceptors (Lipinski definition) is 6. The van der Waals surface area contributed by atoms with Crippen molar-refractivity contribution in [3.05, 3.63) is 41.4 Å². The van der Waals surface area contributed by atoms with Crippen LogP contribution in [-0.4, -0.2) is 67.6 Å². The summed E-state index contributed by atoms with van der Waals surface area (Å²) < 4.78 is 5.36. The minimum atomic E-state index is 0.133. The van der Waals surface area contributed by atoms with Crippen molar-refractivity contribution in [2.45, 2.75) is 6.54 Å². The average Bonchev–Trinajstić information content (AvgIpc) is 3.17. The van der Waals surface area contributed by atoms with E-state index < -0.39 is 0 Å². The molecule has 1 aromatic heterocycles. The normalized spacial score (nSPS) is 15.2. The molecule has 0 spiro atoms. The number of thiazole rings is 1. The lowest BCUT2D eigenvalue weighted by Crippen LogP contribution is -2.49. The zero-order valence-electron chi connectivity index (χ0n) is 14.7. The van der Waals surface area contributed by atoms with Gasteiger partial charge in [0.2, 0.25) is 5.91 Å². The SMILES string of the molecule is COc1ccccc1CN(C)C(=O)CN1CCN(c2nccs2)CC1. The Morgan fingerprint density at radius 2 is 2.04 bits per heavy atom. The number of nitrogens with zero attached hydrogens (tertiary/aromatic N) is 4. The summed E-state index contributed by atoms with van der Waals surface area (Å²) in [5.74, 6) is 0.952. The number of anilines is 1. The van der Waals surface area contributed by atoms with Gasteiger partial charge in [0.15, 0.2) is 5.13 Å². The van der Waals surface area contributed by atoms with E-state index in [0.717, 1.165) is 42.6 Å². The summed E-state index contributed by atoms with van der Waals surface area (Å²) in [6, 6.07) is 7.82. The maximum absolute atomic E-state index is 12.5. The summed E-state index contributed by atoms with van der Waals surface area (Å²) in [5, 5.41) is 3.07. The van der Waals surface area contributed by atoms with Gasteiger partial charge in [-0.25, -0.2) is 4.98 Å². The molecule has 0 bridgehead atoms. The molecule has 1 amide bonds. The Balaban J connectivity index is 1.49. The molecular formula is C18H24N4O2S. The third-order valence-corrected chi connectivity index (χ3v) is 5.28. The van der Waals surface area contributed by atoms with Crippen LogP contribution >= 0.6 is 11.3 Å². The number of ether oxygens (including phenoxy) is 1. The van der Waals surface area contributed by atoms with Crippen molar-refractivity contribution in [2.24, 2.45) is 0 Å². The topological polar surface area (TPSA) is 48.9 Å². The third-order valence-electron chi connectivity index (χ3n) is 4.45. The van der Waals surface area contributed by atoms with E-state index in [2.05, 4.69) is 14.8 Å². The molecule has 1 aliphatic rings. The smallest absolute Gasteiger partial charge is 0.236 e. The van der Waals surface area contributed by atoms with E-state index in [9.17, 15) is 4.79 Å². The van der Waals surface area contributed by atoms with Crippen LogP contribution in [-0.2, 0) is 11.3 Å². The van der Waals surface area contributed by atoms with Crippen molar-refractivity contribution < 1.29 is 9.53 Å². The highest BCUT2D eigenvalue weighted by molar-refractivity contribution is 7.13. The summed E-state index contributed by atoms with van der Waals surface area (Å²) in [7, 11) is 3.50. The molecule has 1 aromatic carbocycles. The molecule has 0 aliphatic carbocycles. The van der Waals surface area contributed by atoms with E-state index in [0.29, 0.717) is 13.1 Å². The van der Waals surface area contributed by atoms with Gasteiger partial charge in [-0.1, -0.05) is 18.2 Å². The summed E-state index contributed by atoms with van der Waals surface area (Å²) in [5.41, 5.74) is 1.02. The van der Waals surface area contributed by atoms with Gasteiger partial charge in [-0.05, 0) is 6.07 Å². The fourth-order valence-electron chi connectivity index (χ4n) is 2.96. The molecule has 7 heteroatoms. The van der Waals surface area contributed by atoms with Gasteiger partial charge in [-0.3, -0.25) is 9.69 Å². The van der Waals surface area contributed by atoms with Crippen molar-refractivity contribution in [1.29, 1.82) is 0 Å². The van der Waals surface area contributed by atoms with Crippen LogP contribution in [0, 0.1) is 0 Å². The molecule has 1 aliphatic heterocycles. The molecule has 3 rings (SSSR count). The van der Waals surface area contributed by atoms with Crippen LogP contribution in [0.25, 0.3) is 0 Å². The first kappa shape index (κ1) is 17.7. The maximum Gasteiger partial charge on any atom is 0.236 e. The molecule has 1 saturated heterocycles. The minimum Gasteiger partial charge on any atom is -0.496 e. The molecule has 2 aromatic rings. The second-order valence-electron chi connectivity index (χ2n) is 6.14. The summed E-state index contributed by atoms with van der Waals surface area (Å²) >= 11 is 1.66. The van der Waals surface area contributed by atoms with E-state index >= 15 is 0 Å². The van der Waals surface area contributed by atoms with Gasteiger partial charge in [-0.15, -0.1) is 11.3 Å². The zero-order valence-corrected chi connectivity index (χ0v) is 15.5. The van der Waals surface area contributed by atoms with Gasteiger partial charge in [0.25, 0.3) is 0 Å². The van der Waals surface area contributed by atoms with Crippen LogP contribution in [0.4, 0.5) is 5.13 Å². The number of piperazine rings is 1. The number of benzene rings is 1. The lowest BCUT2D eigenvalue weighted by atomic mass is 10.2. The number of carbonyl (C=O) groups excluding carboxylic acids is 1. The highest BCUT2D eigenvalue weighted by Crippen LogP contribution is 2.20. The van der Waals surface area contributed by atoms with E-state index in [1.807, 2.05) is 42.9 Å². The lowest BCUT2D eigenvalue weighted by molar-refractivity contribution is -0.131. The Bertz CT molecular complexity index is 684. The van der Waals surface area contributed by atoms with Gasteiger partial charge in [0.1, 0.15) is 5.75 Å². The first-order chi connectivity index (χ1) is 12.2. The lowest BCUT2D eigenvalue weighted by Gasteiger charge is -2.34. The highest BCUT2D eigenvalue weighted by atomic mass is 32.1. The number of aromatic nitrogens is 1. The largest absolute Gasteiger partial charge is 0.496 e. The first-order valence-electron chi connectivity index (χ1n) is 8.40. The number of carbonyl (C=O) groups is 1. The molecule has 0 N–H and O–H groups in total. The van der Waals surface area contributed by atoms with Gasteiger partial charge in [-0.2, -0.15) is 0 Å². The molecule has 6 nitrogen and oxygen atoms in total. The summed E-state index contributed by atoms with van der Waals surface area (Å²) in [6.07, 6.45) is 1.84. The number of para-hydroxylation sites is 1. The highest BCUT2D eigenvalue weighted by Gasteiger charge is 2.22. The molecule has 0 saturated carbocycles. The molecule has 1 fully saturated rings. The van der Waals surface area contributed by atoms with E-state index in [-0.39, 0.29) is 5.91 Å². The minimum absolute atomic E-state index is 0.133. The fraction of sp³-hybridized carbons (Fsp3) is 0.444. The van der Waals surface area contributed by atoms with Crippen molar-refractivity contribution in [3.8, 4) is 5.75 Å². The Morgan fingerprint density at radius 1 is 1.28 bits per heavy atom. The Hall–Kier alpha value is -2.12. The molecule has 0 radical (unpaired) electrons. The summed E-state index contributed by atoms with van der Waals surface area (Å²) in [6.45, 7) is 4.61. The standard InChI is InChI=1S/C18H24N4O2S/c1-20(13-15-5-3-4-6-16(15)24-2)17(23)14-21-8-10-22(11-9-21)18-19-7-12-25-18/h3-7,12H,8-11,13-14H2,1-2H3. The van der Waals surface area contributed by atoms with Gasteiger partial charge >= 0.3 is 0 Å². The molecule has 2 heterocycles. The quantitative estimate of drug-likeness (QED) is 0.788. The van der Waals surface area contributed by atoms with Crippen LogP contribution in [0.3, 0.4) is 0 Å². The Morgan fingerprint density at radius 3 is 2.72 bits per heavy atom. The monoisotopic (exact) mass is 360 g/mol. The molecule has 0 unspecified atom stereocenters. The molecular weight excluding hydrogens is 336 g/mol. The molecule has 25 heavy (non-hydrogen) atoms. The van der Waals surface area contributed by atoms with Crippen LogP contribution in [0.2, 0.25) is 0 Å². The predicted octanol–water partition coefficient (Wildman–Crippen LogP) is 1.93. The van der Waals surface area contributed by atoms with Crippen molar-refractivity contribution in [1.82, 2.24) is 14.8 Å².